The predicted molar refractivity (Wildman–Crippen MR) is 117 cm³/mol. The molecule has 0 unspecified atom stereocenters. The van der Waals surface area contributed by atoms with Crippen LogP contribution in [0.2, 0.25) is 0 Å². The van der Waals surface area contributed by atoms with E-state index in [-0.39, 0.29) is 12.2 Å². The Bertz CT molecular complexity index is 1000. The molecule has 0 aliphatic carbocycles. The lowest BCUT2D eigenvalue weighted by molar-refractivity contribution is -0.507. The first-order valence-electron chi connectivity index (χ1n) is 10.9. The lowest BCUT2D eigenvalue weighted by atomic mass is 9.92. The molecule has 5 atom stereocenters. The van der Waals surface area contributed by atoms with Crippen molar-refractivity contribution in [3.8, 4) is 0 Å². The van der Waals surface area contributed by atoms with Crippen molar-refractivity contribution in [2.75, 3.05) is 13.2 Å². The van der Waals surface area contributed by atoms with Gasteiger partial charge in [0.1, 0.15) is 24.9 Å². The number of carbonyl (C=O) groups excluding carboxylic acids is 1. The molecule has 2 fully saturated rings. The van der Waals surface area contributed by atoms with Crippen LogP contribution in [0.3, 0.4) is 0 Å². The third-order valence-corrected chi connectivity index (χ3v) is 5.67. The van der Waals surface area contributed by atoms with Crippen molar-refractivity contribution in [2.45, 2.75) is 56.4 Å². The van der Waals surface area contributed by atoms with Crippen LogP contribution in [0.15, 0.2) is 60.7 Å². The van der Waals surface area contributed by atoms with Gasteiger partial charge in [-0.3, -0.25) is 10.1 Å². The van der Waals surface area contributed by atoms with Crippen molar-refractivity contribution >= 4 is 5.97 Å². The maximum absolute atomic E-state index is 12.4. The fraction of sp³-hybridized carbons (Fsp3) is 0.458. The fourth-order valence-electron chi connectivity index (χ4n) is 4.15. The summed E-state index contributed by atoms with van der Waals surface area (Å²) in [4.78, 5) is 23.2. The van der Waals surface area contributed by atoms with Crippen molar-refractivity contribution in [3.05, 3.63) is 81.9 Å². The lowest BCUT2D eigenvalue weighted by Gasteiger charge is -2.34. The standard InChI is InChI=1S/C24H27NO9/c1-23(2)33-19-18(30-13-16-9-5-3-6-10-16)20(32-22(19)34-23)24(27,14-25(28)29)15-31-21(26)17-11-7-4-8-12-17/h3-12,18-20,22,27H,13-15H2,1-2H3/t18-,19-,20+,22-,24-/m1/s1. The zero-order valence-corrected chi connectivity index (χ0v) is 18.9. The second kappa shape index (κ2) is 9.77. The van der Waals surface area contributed by atoms with Gasteiger partial charge in [0.2, 0.25) is 6.54 Å². The van der Waals surface area contributed by atoms with Gasteiger partial charge in [-0.1, -0.05) is 48.5 Å². The number of aliphatic hydroxyl groups is 1. The number of fused-ring (bicyclic) bond motifs is 1. The highest BCUT2D eigenvalue weighted by Gasteiger charge is 2.62. The number of benzene rings is 2. The van der Waals surface area contributed by atoms with E-state index < -0.39 is 60.0 Å². The summed E-state index contributed by atoms with van der Waals surface area (Å²) in [5.74, 6) is -1.69. The van der Waals surface area contributed by atoms with Gasteiger partial charge in [-0.25, -0.2) is 4.79 Å². The van der Waals surface area contributed by atoms with E-state index in [0.717, 1.165) is 5.56 Å². The minimum absolute atomic E-state index is 0.150. The topological polar surface area (TPSA) is 127 Å². The van der Waals surface area contributed by atoms with Gasteiger partial charge in [0.05, 0.1) is 12.2 Å². The summed E-state index contributed by atoms with van der Waals surface area (Å²) in [6.07, 6.45) is -3.83. The Hall–Kier alpha value is -2.89. The molecule has 0 spiro atoms. The summed E-state index contributed by atoms with van der Waals surface area (Å²) in [6.45, 7) is 1.95. The molecule has 4 rings (SSSR count). The van der Waals surface area contributed by atoms with Gasteiger partial charge < -0.3 is 28.8 Å². The second-order valence-electron chi connectivity index (χ2n) is 8.82. The van der Waals surface area contributed by atoms with Crippen LogP contribution in [0.25, 0.3) is 0 Å². The van der Waals surface area contributed by atoms with Crippen LogP contribution >= 0.6 is 0 Å². The third kappa shape index (κ3) is 5.43. The van der Waals surface area contributed by atoms with Crippen molar-refractivity contribution in [3.63, 3.8) is 0 Å². The van der Waals surface area contributed by atoms with E-state index in [9.17, 15) is 20.0 Å². The molecular weight excluding hydrogens is 446 g/mol. The molecule has 0 radical (unpaired) electrons. The van der Waals surface area contributed by atoms with Gasteiger partial charge in [-0.05, 0) is 31.5 Å². The number of esters is 1. The van der Waals surface area contributed by atoms with Crippen LogP contribution < -0.4 is 0 Å². The maximum atomic E-state index is 12.4. The molecule has 0 amide bonds. The molecule has 0 saturated carbocycles. The van der Waals surface area contributed by atoms with Crippen molar-refractivity contribution in [1.29, 1.82) is 0 Å². The van der Waals surface area contributed by atoms with Crippen molar-refractivity contribution in [2.24, 2.45) is 0 Å². The van der Waals surface area contributed by atoms with Crippen molar-refractivity contribution < 1.29 is 38.5 Å². The van der Waals surface area contributed by atoms with Crippen LogP contribution in [0.1, 0.15) is 29.8 Å². The molecule has 0 bridgehead atoms. The summed E-state index contributed by atoms with van der Waals surface area (Å²) >= 11 is 0. The number of carbonyl (C=O) groups is 1. The van der Waals surface area contributed by atoms with E-state index in [1.54, 1.807) is 44.2 Å². The summed E-state index contributed by atoms with van der Waals surface area (Å²) < 4.78 is 29.0. The van der Waals surface area contributed by atoms with Crippen LogP contribution in [0, 0.1) is 10.1 Å². The molecule has 2 aromatic carbocycles. The molecule has 182 valence electrons. The van der Waals surface area contributed by atoms with E-state index in [2.05, 4.69) is 0 Å². The molecule has 34 heavy (non-hydrogen) atoms. The smallest absolute Gasteiger partial charge is 0.338 e. The Morgan fingerprint density at radius 2 is 1.76 bits per heavy atom. The highest BCUT2D eigenvalue weighted by Crippen LogP contribution is 2.42. The predicted octanol–water partition coefficient (Wildman–Crippen LogP) is 2.31. The normalized spacial score (nSPS) is 27.0. The first-order valence-corrected chi connectivity index (χ1v) is 10.9. The van der Waals surface area contributed by atoms with E-state index >= 15 is 0 Å². The number of rotatable bonds is 9. The first-order chi connectivity index (χ1) is 16.2. The van der Waals surface area contributed by atoms with Crippen molar-refractivity contribution in [1.82, 2.24) is 0 Å². The highest BCUT2D eigenvalue weighted by atomic mass is 16.8. The third-order valence-electron chi connectivity index (χ3n) is 5.67. The van der Waals surface area contributed by atoms with Gasteiger partial charge in [0.15, 0.2) is 17.7 Å². The average molecular weight is 473 g/mol. The maximum Gasteiger partial charge on any atom is 0.338 e. The zero-order chi connectivity index (χ0) is 24.3. The van der Waals surface area contributed by atoms with Gasteiger partial charge in [-0.15, -0.1) is 0 Å². The summed E-state index contributed by atoms with van der Waals surface area (Å²) in [7, 11) is 0. The molecule has 2 aliphatic rings. The van der Waals surface area contributed by atoms with E-state index in [1.807, 2.05) is 30.3 Å². The average Bonchev–Trinajstić information content (AvgIpc) is 3.29. The minimum Gasteiger partial charge on any atom is -0.459 e. The van der Waals surface area contributed by atoms with E-state index in [0.29, 0.717) is 0 Å². The monoisotopic (exact) mass is 473 g/mol. The second-order valence-corrected chi connectivity index (χ2v) is 8.82. The first kappa shape index (κ1) is 24.2. The Morgan fingerprint density at radius 1 is 1.12 bits per heavy atom. The molecule has 10 heteroatoms. The van der Waals surface area contributed by atoms with E-state index in [1.165, 1.54) is 0 Å². The number of nitro groups is 1. The lowest BCUT2D eigenvalue weighted by Crippen LogP contribution is -2.57. The molecule has 2 saturated heterocycles. The summed E-state index contributed by atoms with van der Waals surface area (Å²) in [6, 6.07) is 17.4. The molecule has 2 aliphatic heterocycles. The Morgan fingerprint density at radius 3 is 2.41 bits per heavy atom. The fourth-order valence-corrected chi connectivity index (χ4v) is 4.15. The van der Waals surface area contributed by atoms with Gasteiger partial charge >= 0.3 is 5.97 Å². The highest BCUT2D eigenvalue weighted by molar-refractivity contribution is 5.89. The molecule has 1 N–H and O–H groups in total. The quantitative estimate of drug-likeness (QED) is 0.332. The number of nitrogens with zero attached hydrogens (tertiary/aromatic N) is 1. The summed E-state index contributed by atoms with van der Waals surface area (Å²) in [5, 5.41) is 22.9. The van der Waals surface area contributed by atoms with Crippen LogP contribution in [0.5, 0.6) is 0 Å². The molecular formula is C24H27NO9. The Kier molecular flexibility index (Phi) is 6.96. The van der Waals surface area contributed by atoms with Gasteiger partial charge in [0.25, 0.3) is 0 Å². The number of hydrogen-bond donors (Lipinski definition) is 1. The molecule has 10 nitrogen and oxygen atoms in total. The Labute approximate surface area is 196 Å². The largest absolute Gasteiger partial charge is 0.459 e. The van der Waals surface area contributed by atoms with Crippen LogP contribution in [-0.4, -0.2) is 65.1 Å². The molecule has 2 aromatic rings. The molecule has 2 heterocycles. The number of ether oxygens (including phenoxy) is 5. The SMILES string of the molecule is CC1(C)O[C@H]2O[C@H]([C@](O)(COC(=O)c3ccccc3)C[N+](=O)[O-])[C@H](OCc3ccccc3)[C@H]2O1. The number of hydrogen-bond acceptors (Lipinski definition) is 9. The van der Waals surface area contributed by atoms with Gasteiger partial charge in [-0.2, -0.15) is 0 Å². The molecule has 0 aromatic heterocycles. The van der Waals surface area contributed by atoms with Crippen LogP contribution in [0.4, 0.5) is 0 Å². The Balaban J connectivity index is 1.56. The van der Waals surface area contributed by atoms with Gasteiger partial charge in [0, 0.05) is 4.92 Å². The summed E-state index contributed by atoms with van der Waals surface area (Å²) in [5.41, 5.74) is -1.09. The zero-order valence-electron chi connectivity index (χ0n) is 18.9. The van der Waals surface area contributed by atoms with Crippen LogP contribution in [-0.2, 0) is 30.3 Å². The van der Waals surface area contributed by atoms with E-state index in [4.69, 9.17) is 23.7 Å². The minimum atomic E-state index is -2.20.